The van der Waals surface area contributed by atoms with Crippen LogP contribution in [0.25, 0.3) is 10.9 Å². The van der Waals surface area contributed by atoms with E-state index in [0.717, 1.165) is 36.7 Å². The zero-order valence-corrected chi connectivity index (χ0v) is 16.1. The molecule has 0 atom stereocenters. The van der Waals surface area contributed by atoms with Crippen LogP contribution in [0.4, 0.5) is 0 Å². The van der Waals surface area contributed by atoms with E-state index in [4.69, 9.17) is 11.6 Å². The third-order valence-corrected chi connectivity index (χ3v) is 4.64. The Kier molecular flexibility index (Phi) is 7.45. The summed E-state index contributed by atoms with van der Waals surface area (Å²) < 4.78 is 2.53. The van der Waals surface area contributed by atoms with E-state index in [9.17, 15) is 14.4 Å². The minimum absolute atomic E-state index is 0.280. The highest BCUT2D eigenvalue weighted by atomic mass is 35.5. The first-order valence-corrected chi connectivity index (χ1v) is 9.57. The maximum atomic E-state index is 12.9. The average Bonchev–Trinajstić information content (AvgIpc) is 2.62. The number of halogens is 1. The molecule has 0 aliphatic carbocycles. The van der Waals surface area contributed by atoms with Crippen LogP contribution in [0.2, 0.25) is 5.02 Å². The second-order valence-corrected chi connectivity index (χ2v) is 6.78. The summed E-state index contributed by atoms with van der Waals surface area (Å²) in [5.41, 5.74) is -0.523. The lowest BCUT2D eigenvalue weighted by Gasteiger charge is -2.15. The molecule has 2 aromatic rings. The third kappa shape index (κ3) is 4.55. The number of nitrogens with zero attached hydrogens (tertiary/aromatic N) is 2. The van der Waals surface area contributed by atoms with Crippen molar-refractivity contribution in [2.45, 2.75) is 59.0 Å². The molecule has 0 radical (unpaired) electrons. The Morgan fingerprint density at radius 1 is 1.08 bits per heavy atom. The molecular formula is C19H26ClN3O3. The first kappa shape index (κ1) is 20.2. The topological polar surface area (TPSA) is 73.1 Å². The molecule has 0 fully saturated rings. The van der Waals surface area contributed by atoms with Crippen LogP contribution in [-0.4, -0.2) is 21.6 Å². The van der Waals surface area contributed by atoms with Crippen molar-refractivity contribution in [1.82, 2.24) is 14.5 Å². The van der Waals surface area contributed by atoms with Crippen molar-refractivity contribution in [3.05, 3.63) is 44.1 Å². The van der Waals surface area contributed by atoms with Gasteiger partial charge in [0.15, 0.2) is 0 Å². The minimum atomic E-state index is -0.489. The number of aromatic nitrogens is 2. The molecule has 0 spiro atoms. The Labute approximate surface area is 157 Å². The van der Waals surface area contributed by atoms with Gasteiger partial charge < -0.3 is 5.32 Å². The zero-order chi connectivity index (χ0) is 19.1. The standard InChI is InChI=1S/C19H26ClN3O3/c1-3-5-7-12-22-17-14(9-8-10-15(17)20)18(25)23(19(22)26)13-16(24)21-11-6-4-2/h8-10H,3-7,11-13H2,1-2H3,(H,21,24). The molecule has 1 aromatic carbocycles. The van der Waals surface area contributed by atoms with E-state index in [-0.39, 0.29) is 12.5 Å². The van der Waals surface area contributed by atoms with Gasteiger partial charge >= 0.3 is 5.69 Å². The summed E-state index contributed by atoms with van der Waals surface area (Å²) in [6.07, 6.45) is 4.60. The van der Waals surface area contributed by atoms with Crippen LogP contribution in [0, 0.1) is 0 Å². The largest absolute Gasteiger partial charge is 0.355 e. The number of benzene rings is 1. The second kappa shape index (κ2) is 9.57. The van der Waals surface area contributed by atoms with E-state index in [0.29, 0.717) is 29.0 Å². The number of hydrogen-bond donors (Lipinski definition) is 1. The van der Waals surface area contributed by atoms with Crippen molar-refractivity contribution in [1.29, 1.82) is 0 Å². The van der Waals surface area contributed by atoms with Gasteiger partial charge in [-0.25, -0.2) is 4.79 Å². The smallest absolute Gasteiger partial charge is 0.332 e. The monoisotopic (exact) mass is 379 g/mol. The molecule has 1 aromatic heterocycles. The Morgan fingerprint density at radius 3 is 2.50 bits per heavy atom. The van der Waals surface area contributed by atoms with Gasteiger partial charge in [0, 0.05) is 13.1 Å². The first-order chi connectivity index (χ1) is 12.5. The highest BCUT2D eigenvalue weighted by molar-refractivity contribution is 6.35. The highest BCUT2D eigenvalue weighted by Crippen LogP contribution is 2.20. The highest BCUT2D eigenvalue weighted by Gasteiger charge is 2.17. The van der Waals surface area contributed by atoms with Gasteiger partial charge in [-0.2, -0.15) is 0 Å². The Balaban J connectivity index is 2.48. The summed E-state index contributed by atoms with van der Waals surface area (Å²) in [6.45, 7) is 4.82. The summed E-state index contributed by atoms with van der Waals surface area (Å²) in [5, 5.41) is 3.47. The van der Waals surface area contributed by atoms with Gasteiger partial charge in [0.2, 0.25) is 5.91 Å². The summed E-state index contributed by atoms with van der Waals surface area (Å²) in [4.78, 5) is 37.8. The number of fused-ring (bicyclic) bond motifs is 1. The Bertz CT molecular complexity index is 886. The lowest BCUT2D eigenvalue weighted by molar-refractivity contribution is -0.121. The maximum Gasteiger partial charge on any atom is 0.332 e. The molecule has 0 unspecified atom stereocenters. The van der Waals surface area contributed by atoms with E-state index in [1.54, 1.807) is 18.2 Å². The van der Waals surface area contributed by atoms with Crippen molar-refractivity contribution in [3.63, 3.8) is 0 Å². The quantitative estimate of drug-likeness (QED) is 0.681. The molecule has 142 valence electrons. The van der Waals surface area contributed by atoms with Crippen LogP contribution in [-0.2, 0) is 17.9 Å². The number of carbonyl (C=O) groups is 1. The molecule has 1 amide bonds. The number of aryl methyl sites for hydroxylation is 1. The fraction of sp³-hybridized carbons (Fsp3) is 0.526. The van der Waals surface area contributed by atoms with E-state index in [2.05, 4.69) is 12.2 Å². The fourth-order valence-electron chi connectivity index (χ4n) is 2.91. The van der Waals surface area contributed by atoms with Crippen molar-refractivity contribution in [2.75, 3.05) is 6.54 Å². The van der Waals surface area contributed by atoms with Crippen LogP contribution in [0.15, 0.2) is 27.8 Å². The number of hydrogen-bond acceptors (Lipinski definition) is 3. The van der Waals surface area contributed by atoms with Crippen molar-refractivity contribution in [3.8, 4) is 0 Å². The molecule has 26 heavy (non-hydrogen) atoms. The van der Waals surface area contributed by atoms with Crippen LogP contribution in [0.5, 0.6) is 0 Å². The number of unbranched alkanes of at least 4 members (excludes halogenated alkanes) is 3. The van der Waals surface area contributed by atoms with Gasteiger partial charge in [0.1, 0.15) is 6.54 Å². The first-order valence-electron chi connectivity index (χ1n) is 9.19. The number of rotatable bonds is 9. The summed E-state index contributed by atoms with van der Waals surface area (Å²) >= 11 is 6.27. The molecule has 7 heteroatoms. The normalized spacial score (nSPS) is 11.0. The fourth-order valence-corrected chi connectivity index (χ4v) is 3.18. The third-order valence-electron chi connectivity index (χ3n) is 4.33. The number of amides is 1. The average molecular weight is 380 g/mol. The molecule has 0 aliphatic heterocycles. The van der Waals surface area contributed by atoms with E-state index in [1.807, 2.05) is 6.92 Å². The molecule has 0 bridgehead atoms. The second-order valence-electron chi connectivity index (χ2n) is 6.37. The number of para-hydroxylation sites is 1. The molecule has 0 aliphatic rings. The molecular weight excluding hydrogens is 354 g/mol. The Hall–Kier alpha value is -2.08. The van der Waals surface area contributed by atoms with Crippen LogP contribution in [0.1, 0.15) is 46.0 Å². The van der Waals surface area contributed by atoms with Gasteiger partial charge in [0.25, 0.3) is 5.56 Å². The van der Waals surface area contributed by atoms with Gasteiger partial charge in [-0.3, -0.25) is 18.7 Å². The summed E-state index contributed by atoms with van der Waals surface area (Å²) in [6, 6.07) is 4.99. The van der Waals surface area contributed by atoms with E-state index < -0.39 is 11.2 Å². The van der Waals surface area contributed by atoms with Crippen LogP contribution in [0.3, 0.4) is 0 Å². The summed E-state index contributed by atoms with van der Waals surface area (Å²) in [5.74, 6) is -0.334. The summed E-state index contributed by atoms with van der Waals surface area (Å²) in [7, 11) is 0. The zero-order valence-electron chi connectivity index (χ0n) is 15.4. The van der Waals surface area contributed by atoms with Crippen molar-refractivity contribution >= 4 is 28.4 Å². The molecule has 0 saturated heterocycles. The number of nitrogens with one attached hydrogen (secondary N) is 1. The van der Waals surface area contributed by atoms with Crippen LogP contribution < -0.4 is 16.6 Å². The predicted octanol–water partition coefficient (Wildman–Crippen LogP) is 2.92. The lowest BCUT2D eigenvalue weighted by atomic mass is 10.2. The maximum absolute atomic E-state index is 12.9. The molecule has 2 rings (SSSR count). The molecule has 1 heterocycles. The number of carbonyl (C=O) groups excluding carboxylic acids is 1. The lowest BCUT2D eigenvalue weighted by Crippen LogP contribution is -2.44. The molecule has 0 saturated carbocycles. The SMILES string of the molecule is CCCCCn1c(=O)n(CC(=O)NCCCC)c(=O)c2cccc(Cl)c21. The predicted molar refractivity (Wildman–Crippen MR) is 105 cm³/mol. The van der Waals surface area contributed by atoms with Gasteiger partial charge in [-0.05, 0) is 25.0 Å². The van der Waals surface area contributed by atoms with Gasteiger partial charge in [-0.1, -0.05) is 50.8 Å². The Morgan fingerprint density at radius 2 is 1.81 bits per heavy atom. The van der Waals surface area contributed by atoms with Crippen molar-refractivity contribution < 1.29 is 4.79 Å². The van der Waals surface area contributed by atoms with E-state index in [1.165, 1.54) is 4.57 Å². The van der Waals surface area contributed by atoms with Gasteiger partial charge in [-0.15, -0.1) is 0 Å². The van der Waals surface area contributed by atoms with E-state index >= 15 is 0 Å². The van der Waals surface area contributed by atoms with Gasteiger partial charge in [0.05, 0.1) is 15.9 Å². The molecule has 6 nitrogen and oxygen atoms in total. The molecule has 1 N–H and O–H groups in total. The van der Waals surface area contributed by atoms with Crippen molar-refractivity contribution in [2.24, 2.45) is 0 Å². The van der Waals surface area contributed by atoms with Crippen LogP contribution >= 0.6 is 11.6 Å². The minimum Gasteiger partial charge on any atom is -0.355 e.